The minimum atomic E-state index is -0.268. The Bertz CT molecular complexity index is 1270. The zero-order valence-corrected chi connectivity index (χ0v) is 23.5. The quantitative estimate of drug-likeness (QED) is 0.478. The van der Waals surface area contributed by atoms with Crippen molar-refractivity contribution in [1.82, 2.24) is 15.1 Å². The lowest BCUT2D eigenvalue weighted by molar-refractivity contribution is -0.123. The first-order chi connectivity index (χ1) is 17.7. The molecule has 196 valence electrons. The van der Waals surface area contributed by atoms with Gasteiger partial charge in [0.1, 0.15) is 12.4 Å². The molecule has 1 N–H and O–H groups in total. The molecule has 5 rings (SSSR count). The number of hydrogen-bond donors (Lipinski definition) is 1. The third kappa shape index (κ3) is 5.49. The molecule has 0 bridgehead atoms. The van der Waals surface area contributed by atoms with E-state index in [2.05, 4.69) is 43.6 Å². The van der Waals surface area contributed by atoms with Crippen LogP contribution in [-0.2, 0) is 19.7 Å². The van der Waals surface area contributed by atoms with Crippen molar-refractivity contribution in [2.75, 3.05) is 30.3 Å². The average Bonchev–Trinajstić information content (AvgIpc) is 3.61. The number of anilines is 1. The van der Waals surface area contributed by atoms with E-state index in [0.717, 1.165) is 42.0 Å². The summed E-state index contributed by atoms with van der Waals surface area (Å²) in [4.78, 5) is 29.6. The normalized spacial score (nSPS) is 20.1. The molecule has 2 aromatic heterocycles. The first-order valence-corrected chi connectivity index (χ1v) is 14.7. The number of carbonyl (C=O) groups is 2. The van der Waals surface area contributed by atoms with E-state index in [9.17, 15) is 9.59 Å². The predicted molar refractivity (Wildman–Crippen MR) is 150 cm³/mol. The van der Waals surface area contributed by atoms with Gasteiger partial charge in [-0.05, 0) is 48.9 Å². The highest BCUT2D eigenvalue weighted by Crippen LogP contribution is 2.49. The number of amides is 2. The number of ether oxygens (including phenoxy) is 1. The molecule has 37 heavy (non-hydrogen) atoms. The van der Waals surface area contributed by atoms with Crippen LogP contribution in [0.15, 0.2) is 41.8 Å². The summed E-state index contributed by atoms with van der Waals surface area (Å²) in [5.41, 5.74) is 3.66. The Balaban J connectivity index is 1.63. The van der Waals surface area contributed by atoms with Gasteiger partial charge in [-0.1, -0.05) is 39.0 Å². The summed E-state index contributed by atoms with van der Waals surface area (Å²) in [6.45, 7) is 9.64. The third-order valence-electron chi connectivity index (χ3n) is 6.70. The maximum atomic E-state index is 13.7. The fourth-order valence-corrected chi connectivity index (χ4v) is 7.09. The van der Waals surface area contributed by atoms with Gasteiger partial charge in [0.05, 0.1) is 28.5 Å². The van der Waals surface area contributed by atoms with Crippen molar-refractivity contribution in [3.63, 3.8) is 0 Å². The molecule has 0 unspecified atom stereocenters. The summed E-state index contributed by atoms with van der Waals surface area (Å²) in [6.07, 6.45) is 2.01. The van der Waals surface area contributed by atoms with Crippen molar-refractivity contribution < 1.29 is 14.3 Å². The fourth-order valence-electron chi connectivity index (χ4n) is 4.91. The van der Waals surface area contributed by atoms with Crippen LogP contribution in [0.25, 0.3) is 5.69 Å². The van der Waals surface area contributed by atoms with Crippen LogP contribution in [-0.4, -0.2) is 53.1 Å². The number of thiophene rings is 1. The van der Waals surface area contributed by atoms with E-state index in [0.29, 0.717) is 12.4 Å². The van der Waals surface area contributed by atoms with Gasteiger partial charge >= 0.3 is 0 Å². The van der Waals surface area contributed by atoms with Gasteiger partial charge in [0.2, 0.25) is 11.8 Å². The molecular weight excluding hydrogens is 504 g/mol. The molecule has 2 aliphatic heterocycles. The molecule has 2 atom stereocenters. The smallest absolute Gasteiger partial charge is 0.240 e. The Morgan fingerprint density at radius 3 is 2.76 bits per heavy atom. The van der Waals surface area contributed by atoms with Gasteiger partial charge in [-0.2, -0.15) is 5.10 Å². The van der Waals surface area contributed by atoms with Crippen LogP contribution in [0, 0.1) is 6.92 Å². The molecule has 0 spiro atoms. The Hall–Kier alpha value is -2.62. The highest BCUT2D eigenvalue weighted by molar-refractivity contribution is 8.00. The number of benzene rings is 1. The number of thioether (sulfide) groups is 1. The van der Waals surface area contributed by atoms with E-state index in [-0.39, 0.29) is 40.9 Å². The first kappa shape index (κ1) is 26.0. The number of aromatic nitrogens is 2. The molecule has 0 aliphatic carbocycles. The van der Waals surface area contributed by atoms with Gasteiger partial charge in [-0.15, -0.1) is 23.1 Å². The number of nitrogens with one attached hydrogen (secondary N) is 1. The minimum absolute atomic E-state index is 0.0448. The van der Waals surface area contributed by atoms with Gasteiger partial charge in [0.15, 0.2) is 0 Å². The summed E-state index contributed by atoms with van der Waals surface area (Å²) in [6, 6.07) is 12.3. The van der Waals surface area contributed by atoms with Crippen LogP contribution >= 0.6 is 23.1 Å². The Labute approximate surface area is 226 Å². The molecular formula is C28H34N4O3S2. The number of aryl methyl sites for hydroxylation is 1. The number of rotatable bonds is 6. The van der Waals surface area contributed by atoms with Gasteiger partial charge in [0.25, 0.3) is 0 Å². The van der Waals surface area contributed by atoms with Crippen molar-refractivity contribution in [3.05, 3.63) is 63.5 Å². The van der Waals surface area contributed by atoms with Crippen LogP contribution in [0.2, 0.25) is 0 Å². The molecule has 4 heterocycles. The summed E-state index contributed by atoms with van der Waals surface area (Å²) < 4.78 is 7.54. The molecule has 2 amide bonds. The maximum Gasteiger partial charge on any atom is 0.240 e. The van der Waals surface area contributed by atoms with E-state index in [1.165, 1.54) is 4.88 Å². The summed E-state index contributed by atoms with van der Waals surface area (Å²) in [5, 5.41) is 10.2. The van der Waals surface area contributed by atoms with Crippen LogP contribution < -0.4 is 10.2 Å². The van der Waals surface area contributed by atoms with Crippen LogP contribution in [0.4, 0.5) is 5.82 Å². The second-order valence-electron chi connectivity index (χ2n) is 10.7. The second-order valence-corrected chi connectivity index (χ2v) is 12.8. The zero-order chi connectivity index (χ0) is 26.2. The molecule has 1 aromatic carbocycles. The predicted octanol–water partition coefficient (Wildman–Crippen LogP) is 5.00. The van der Waals surface area contributed by atoms with Crippen molar-refractivity contribution in [1.29, 1.82) is 0 Å². The van der Waals surface area contributed by atoms with E-state index in [1.807, 2.05) is 35.9 Å². The lowest BCUT2D eigenvalue weighted by Gasteiger charge is -2.24. The largest absolute Gasteiger partial charge is 0.376 e. The van der Waals surface area contributed by atoms with Crippen molar-refractivity contribution in [2.24, 2.45) is 0 Å². The molecule has 0 radical (unpaired) electrons. The fraction of sp³-hybridized carbons (Fsp3) is 0.464. The SMILES string of the molecule is Cc1cccc(-n2nc(C(C)(C)C)c3c2N(CC(=O)NC[C@H]2CCCO2)C(=O)CS[C@@H]3c2cccs2)c1. The van der Waals surface area contributed by atoms with Gasteiger partial charge in [-0.3, -0.25) is 14.5 Å². The lowest BCUT2D eigenvalue weighted by Crippen LogP contribution is -2.44. The third-order valence-corrected chi connectivity index (χ3v) is 9.02. The summed E-state index contributed by atoms with van der Waals surface area (Å²) in [7, 11) is 0. The second kappa shape index (κ2) is 10.6. The molecule has 3 aromatic rings. The number of nitrogens with zero attached hydrogens (tertiary/aromatic N) is 3. The average molecular weight is 539 g/mol. The van der Waals surface area contributed by atoms with E-state index < -0.39 is 0 Å². The summed E-state index contributed by atoms with van der Waals surface area (Å²) >= 11 is 3.30. The molecule has 1 saturated heterocycles. The molecule has 0 saturated carbocycles. The topological polar surface area (TPSA) is 76.5 Å². The van der Waals surface area contributed by atoms with Crippen molar-refractivity contribution in [2.45, 2.75) is 57.3 Å². The Morgan fingerprint density at radius 2 is 2.08 bits per heavy atom. The number of carbonyl (C=O) groups excluding carboxylic acids is 2. The van der Waals surface area contributed by atoms with Crippen LogP contribution in [0.5, 0.6) is 0 Å². The highest BCUT2D eigenvalue weighted by atomic mass is 32.2. The molecule has 2 aliphatic rings. The number of hydrogen-bond acceptors (Lipinski definition) is 6. The van der Waals surface area contributed by atoms with Crippen LogP contribution in [0.1, 0.15) is 60.6 Å². The molecule has 9 heteroatoms. The summed E-state index contributed by atoms with van der Waals surface area (Å²) in [5.74, 6) is 0.694. The number of fused-ring (bicyclic) bond motifs is 1. The lowest BCUT2D eigenvalue weighted by atomic mass is 9.88. The Morgan fingerprint density at radius 1 is 1.24 bits per heavy atom. The van der Waals surface area contributed by atoms with Gasteiger partial charge in [-0.25, -0.2) is 4.68 Å². The Kier molecular flexibility index (Phi) is 7.47. The standard InChI is InChI=1S/C28H34N4O3S2/c1-18-8-5-9-19(14-18)32-27-24(26(30-32)28(2,3)4)25(21-11-7-13-36-21)37-17-23(34)31(27)16-22(33)29-15-20-10-6-12-35-20/h5,7-9,11,13-14,20,25H,6,10,12,15-17H2,1-4H3,(H,29,33)/t20-,25-/m1/s1. The highest BCUT2D eigenvalue weighted by Gasteiger charge is 2.40. The molecule has 1 fully saturated rings. The monoisotopic (exact) mass is 538 g/mol. The molecule has 7 nitrogen and oxygen atoms in total. The van der Waals surface area contributed by atoms with E-state index in [4.69, 9.17) is 9.84 Å². The van der Waals surface area contributed by atoms with Gasteiger partial charge in [0, 0.05) is 29.0 Å². The minimum Gasteiger partial charge on any atom is -0.376 e. The maximum absolute atomic E-state index is 13.7. The van der Waals surface area contributed by atoms with Crippen molar-refractivity contribution in [3.8, 4) is 5.69 Å². The van der Waals surface area contributed by atoms with Gasteiger partial charge < -0.3 is 10.1 Å². The zero-order valence-electron chi connectivity index (χ0n) is 21.8. The first-order valence-electron chi connectivity index (χ1n) is 12.8. The van der Waals surface area contributed by atoms with Crippen LogP contribution in [0.3, 0.4) is 0 Å². The van der Waals surface area contributed by atoms with Crippen molar-refractivity contribution >= 4 is 40.7 Å². The van der Waals surface area contributed by atoms with E-state index in [1.54, 1.807) is 28.0 Å². The van der Waals surface area contributed by atoms with E-state index >= 15 is 0 Å².